The molecule has 0 aliphatic heterocycles. The van der Waals surface area contributed by atoms with Gasteiger partial charge >= 0.3 is 0 Å². The van der Waals surface area contributed by atoms with E-state index < -0.39 is 0 Å². The number of aryl methyl sites for hydroxylation is 1. The highest BCUT2D eigenvalue weighted by Crippen LogP contribution is 2.22. The molecule has 0 fully saturated rings. The second-order valence-electron chi connectivity index (χ2n) is 8.47. The second kappa shape index (κ2) is 19.9. The Hall–Kier alpha value is -4.19. The van der Waals surface area contributed by atoms with Crippen LogP contribution in [0.5, 0.6) is 5.88 Å². The third kappa shape index (κ3) is 12.3. The number of ether oxygens (including phenoxy) is 2. The first-order valence-electron chi connectivity index (χ1n) is 13.3. The lowest BCUT2D eigenvalue weighted by molar-refractivity contribution is 0.0406. The molecular formula is C34H41N3O2. The van der Waals surface area contributed by atoms with Crippen molar-refractivity contribution in [3.05, 3.63) is 101 Å². The van der Waals surface area contributed by atoms with Gasteiger partial charge in [0.25, 0.3) is 0 Å². The molecule has 0 aliphatic rings. The summed E-state index contributed by atoms with van der Waals surface area (Å²) < 4.78 is 12.0. The maximum atomic E-state index is 8.92. The fourth-order valence-electron chi connectivity index (χ4n) is 3.40. The summed E-state index contributed by atoms with van der Waals surface area (Å²) in [5.74, 6) is 3.35. The monoisotopic (exact) mass is 523 g/mol. The molecule has 0 saturated heterocycles. The minimum Gasteiger partial charge on any atom is -0.472 e. The Labute approximate surface area is 235 Å². The molecule has 5 nitrogen and oxygen atoms in total. The average Bonchev–Trinajstić information content (AvgIpc) is 2.99. The van der Waals surface area contributed by atoms with Crippen molar-refractivity contribution in [2.45, 2.75) is 53.1 Å². The highest BCUT2D eigenvalue weighted by atomic mass is 16.5. The number of hydrogen-bond acceptors (Lipinski definition) is 5. The minimum absolute atomic E-state index is 0.0943. The van der Waals surface area contributed by atoms with E-state index in [9.17, 15) is 0 Å². The number of aromatic nitrogens is 1. The van der Waals surface area contributed by atoms with Gasteiger partial charge < -0.3 is 9.47 Å². The molecule has 0 aliphatic carbocycles. The van der Waals surface area contributed by atoms with E-state index in [-0.39, 0.29) is 12.0 Å². The summed E-state index contributed by atoms with van der Waals surface area (Å²) in [6, 6.07) is 23.7. The van der Waals surface area contributed by atoms with Crippen molar-refractivity contribution in [3.8, 4) is 24.3 Å². The molecule has 2 atom stereocenters. The van der Waals surface area contributed by atoms with E-state index in [0.29, 0.717) is 24.7 Å². The van der Waals surface area contributed by atoms with Crippen LogP contribution in [0.2, 0.25) is 0 Å². The molecule has 1 aromatic heterocycles. The summed E-state index contributed by atoms with van der Waals surface area (Å²) in [5, 5.41) is 8.92. The standard InChI is InChI=1S/C26H29N3O2.C6H6.C2H6/c1-6-8-23(15-28-5)24-13-19(3)26(29-16-24)31-25(7-2)18-30-17-20(4)22-11-9-21(14-27)10-12-22;1-2-4-6-5-3-1;1-2/h1,8-13,15-16,20,25H,7,17-18H2,2-5H3;1-6H;1-2H3/b23-8+,28-15?;;/t20-,25+;;/m1../s1. The van der Waals surface area contributed by atoms with Crippen LogP contribution in [0.4, 0.5) is 0 Å². The highest BCUT2D eigenvalue weighted by molar-refractivity contribution is 6.10. The van der Waals surface area contributed by atoms with Gasteiger partial charge in [0.05, 0.1) is 24.8 Å². The van der Waals surface area contributed by atoms with E-state index in [1.807, 2.05) is 87.5 Å². The van der Waals surface area contributed by atoms with Gasteiger partial charge in [0.1, 0.15) is 6.10 Å². The number of nitrogens with zero attached hydrogens (tertiary/aromatic N) is 3. The molecule has 204 valence electrons. The molecule has 0 spiro atoms. The van der Waals surface area contributed by atoms with Crippen molar-refractivity contribution in [1.82, 2.24) is 4.98 Å². The molecule has 0 N–H and O–H groups in total. The summed E-state index contributed by atoms with van der Waals surface area (Å²) in [5.41, 5.74) is 4.46. The fraction of sp³-hybridized carbons (Fsp3) is 0.324. The molecule has 0 unspecified atom stereocenters. The molecule has 0 saturated carbocycles. The van der Waals surface area contributed by atoms with E-state index in [1.54, 1.807) is 25.5 Å². The number of rotatable bonds is 10. The molecule has 1 heterocycles. The van der Waals surface area contributed by atoms with Crippen molar-refractivity contribution >= 4 is 11.8 Å². The zero-order valence-electron chi connectivity index (χ0n) is 24.1. The maximum absolute atomic E-state index is 8.92. The molecule has 3 rings (SSSR count). The molecule has 3 aromatic rings. The summed E-state index contributed by atoms with van der Waals surface area (Å²) in [6.45, 7) is 11.2. The van der Waals surface area contributed by atoms with E-state index in [2.05, 4.69) is 35.8 Å². The lowest BCUT2D eigenvalue weighted by Gasteiger charge is -2.20. The van der Waals surface area contributed by atoms with Gasteiger partial charge in [-0.3, -0.25) is 4.99 Å². The summed E-state index contributed by atoms with van der Waals surface area (Å²) >= 11 is 0. The van der Waals surface area contributed by atoms with E-state index in [1.165, 1.54) is 0 Å². The molecule has 0 amide bonds. The van der Waals surface area contributed by atoms with Gasteiger partial charge in [-0.25, -0.2) is 4.98 Å². The first kappa shape index (κ1) is 32.8. The topological polar surface area (TPSA) is 67.5 Å². The van der Waals surface area contributed by atoms with Crippen LogP contribution >= 0.6 is 0 Å². The summed E-state index contributed by atoms with van der Waals surface area (Å²) in [7, 11) is 1.70. The van der Waals surface area contributed by atoms with Crippen molar-refractivity contribution in [2.75, 3.05) is 20.3 Å². The average molecular weight is 524 g/mol. The van der Waals surface area contributed by atoms with Gasteiger partial charge in [-0.15, -0.1) is 6.42 Å². The van der Waals surface area contributed by atoms with Crippen LogP contribution in [-0.2, 0) is 4.74 Å². The Morgan fingerprint density at radius 1 is 1.08 bits per heavy atom. The van der Waals surface area contributed by atoms with Crippen molar-refractivity contribution in [2.24, 2.45) is 4.99 Å². The smallest absolute Gasteiger partial charge is 0.216 e. The van der Waals surface area contributed by atoms with Crippen LogP contribution < -0.4 is 4.74 Å². The Kier molecular flexibility index (Phi) is 16.7. The van der Waals surface area contributed by atoms with Crippen LogP contribution in [0.25, 0.3) is 5.57 Å². The van der Waals surface area contributed by atoms with Crippen LogP contribution in [0.15, 0.2) is 84.0 Å². The molecular weight excluding hydrogens is 482 g/mol. The molecule has 0 radical (unpaired) electrons. The van der Waals surface area contributed by atoms with Crippen molar-refractivity contribution in [1.29, 1.82) is 5.26 Å². The number of nitriles is 1. The van der Waals surface area contributed by atoms with Crippen molar-refractivity contribution < 1.29 is 9.47 Å². The number of terminal acetylenes is 1. The molecule has 39 heavy (non-hydrogen) atoms. The third-order valence-corrected chi connectivity index (χ3v) is 5.55. The summed E-state index contributed by atoms with van der Waals surface area (Å²) in [4.78, 5) is 8.53. The maximum Gasteiger partial charge on any atom is 0.216 e. The highest BCUT2D eigenvalue weighted by Gasteiger charge is 2.14. The Balaban J connectivity index is 0.000000821. The Morgan fingerprint density at radius 2 is 1.69 bits per heavy atom. The number of benzene rings is 2. The van der Waals surface area contributed by atoms with Gasteiger partial charge in [0.15, 0.2) is 0 Å². The zero-order chi connectivity index (χ0) is 28.9. The molecule has 0 bridgehead atoms. The second-order valence-corrected chi connectivity index (χ2v) is 8.47. The number of hydrogen-bond donors (Lipinski definition) is 0. The van der Waals surface area contributed by atoms with E-state index in [4.69, 9.17) is 21.2 Å². The SMILES string of the molecule is C#C/C=C(\C=NC)c1cnc(O[C@@H](CC)COC[C@@H](C)c2ccc(C#N)cc2)c(C)c1.CC.c1ccccc1. The Morgan fingerprint density at radius 3 is 2.18 bits per heavy atom. The lowest BCUT2D eigenvalue weighted by atomic mass is 10.0. The molecule has 5 heteroatoms. The first-order chi connectivity index (χ1) is 19.0. The van der Waals surface area contributed by atoms with Crippen LogP contribution in [0, 0.1) is 30.6 Å². The first-order valence-corrected chi connectivity index (χ1v) is 13.3. The lowest BCUT2D eigenvalue weighted by Crippen LogP contribution is -2.24. The number of pyridine rings is 1. The van der Waals surface area contributed by atoms with Crippen molar-refractivity contribution in [3.63, 3.8) is 0 Å². The third-order valence-electron chi connectivity index (χ3n) is 5.55. The van der Waals surface area contributed by atoms with Gasteiger partial charge in [-0.1, -0.05) is 82.1 Å². The predicted octanol–water partition coefficient (Wildman–Crippen LogP) is 7.67. The van der Waals surface area contributed by atoms with Crippen LogP contribution in [-0.4, -0.2) is 37.6 Å². The quantitative estimate of drug-likeness (QED) is 0.202. The Bertz CT molecular complexity index is 1190. The number of allylic oxidation sites excluding steroid dienone is 2. The summed E-state index contributed by atoms with van der Waals surface area (Å²) in [6.07, 6.45) is 11.2. The van der Waals surface area contributed by atoms with Gasteiger partial charge in [0.2, 0.25) is 5.88 Å². The van der Waals surface area contributed by atoms with Crippen LogP contribution in [0.1, 0.15) is 62.3 Å². The number of aliphatic imine (C=N–C) groups is 1. The fourth-order valence-corrected chi connectivity index (χ4v) is 3.40. The van der Waals surface area contributed by atoms with E-state index >= 15 is 0 Å². The van der Waals surface area contributed by atoms with Crippen LogP contribution in [0.3, 0.4) is 0 Å². The normalized spacial score (nSPS) is 12.1. The van der Waals surface area contributed by atoms with Gasteiger partial charge in [-0.2, -0.15) is 5.26 Å². The predicted molar refractivity (Wildman–Crippen MR) is 163 cm³/mol. The van der Waals surface area contributed by atoms with Gasteiger partial charge in [-0.05, 0) is 43.2 Å². The zero-order valence-corrected chi connectivity index (χ0v) is 24.1. The molecule has 2 aromatic carbocycles. The minimum atomic E-state index is -0.0943. The van der Waals surface area contributed by atoms with E-state index in [0.717, 1.165) is 28.7 Å². The largest absolute Gasteiger partial charge is 0.472 e. The van der Waals surface area contributed by atoms with Gasteiger partial charge in [0, 0.05) is 42.1 Å².